The van der Waals surface area contributed by atoms with Crippen LogP contribution in [0.2, 0.25) is 0 Å². The van der Waals surface area contributed by atoms with E-state index in [4.69, 9.17) is 15.5 Å². The maximum absolute atomic E-state index is 8.12. The van der Waals surface area contributed by atoms with Crippen molar-refractivity contribution in [3.05, 3.63) is 0 Å². The molecule has 0 aromatic rings. The zero-order valence-electron chi connectivity index (χ0n) is 4.24. The average Bonchev–Trinajstić information content (AvgIpc) is 1.66. The van der Waals surface area contributed by atoms with Gasteiger partial charge in [-0.25, -0.2) is 0 Å². The van der Waals surface area contributed by atoms with Gasteiger partial charge in [0.25, 0.3) is 8.53 Å². The topological polar surface area (TPSA) is 87.7 Å². The molecule has 0 amide bonds. The summed E-state index contributed by atoms with van der Waals surface area (Å²) in [5, 5.41) is 1.94. The molecule has 8 heavy (non-hydrogen) atoms. The normalized spacial score (nSPS) is 10.5. The van der Waals surface area contributed by atoms with Crippen molar-refractivity contribution in [1.82, 2.24) is 5.25 Å². The molecule has 5 N–H and O–H groups in total. The van der Waals surface area contributed by atoms with Crippen molar-refractivity contribution in [2.75, 3.05) is 13.2 Å². The minimum absolute atomic E-state index is 0.278. The molecule has 0 saturated carbocycles. The molecule has 0 fully saturated rings. The molecule has 0 unspecified atom stereocenters. The van der Waals surface area contributed by atoms with Crippen molar-refractivity contribution in [2.45, 2.75) is 0 Å². The fraction of sp³-hybridized carbons (Fsp3) is 1.00. The number of hydrogen-bond acceptors (Lipinski definition) is 5. The summed E-state index contributed by atoms with van der Waals surface area (Å²) in [7, 11) is -2.14. The molecule has 5 nitrogen and oxygen atoms in total. The number of nitrogens with two attached hydrogens (primary N) is 1. The van der Waals surface area contributed by atoms with E-state index in [1.54, 1.807) is 0 Å². The molecule has 0 aliphatic heterocycles. The summed E-state index contributed by atoms with van der Waals surface area (Å²) < 4.78 is 0. The highest BCUT2D eigenvalue weighted by atomic mass is 31.2. The molecule has 0 aromatic heterocycles. The van der Waals surface area contributed by atoms with Gasteiger partial charge in [-0.2, -0.15) is 0 Å². The maximum atomic E-state index is 8.12. The van der Waals surface area contributed by atoms with Crippen molar-refractivity contribution in [3.63, 3.8) is 0 Å². The van der Waals surface area contributed by atoms with E-state index >= 15 is 0 Å². The standard InChI is InChI=1S/C2H9N2O3P/c3-1-2-7-4-8(5)6/h4-6H,1-3H2. The smallest absolute Gasteiger partial charge is 0.275 e. The van der Waals surface area contributed by atoms with Gasteiger partial charge >= 0.3 is 0 Å². The largest absolute Gasteiger partial charge is 0.337 e. The predicted molar refractivity (Wildman–Crippen MR) is 29.5 cm³/mol. The van der Waals surface area contributed by atoms with Crippen LogP contribution in [0.5, 0.6) is 0 Å². The van der Waals surface area contributed by atoms with Crippen LogP contribution in [-0.4, -0.2) is 22.9 Å². The molecule has 0 aliphatic rings. The van der Waals surface area contributed by atoms with Gasteiger partial charge in [0.05, 0.1) is 6.61 Å². The van der Waals surface area contributed by atoms with Gasteiger partial charge in [0, 0.05) is 6.54 Å². The van der Waals surface area contributed by atoms with Crippen LogP contribution in [0.3, 0.4) is 0 Å². The second-order valence-electron chi connectivity index (χ2n) is 1.02. The second-order valence-corrected chi connectivity index (χ2v) is 1.78. The lowest BCUT2D eigenvalue weighted by Gasteiger charge is -2.02. The summed E-state index contributed by atoms with van der Waals surface area (Å²) in [5.74, 6) is 0. The molecule has 0 spiro atoms. The Labute approximate surface area is 48.4 Å². The van der Waals surface area contributed by atoms with Gasteiger partial charge in [0.15, 0.2) is 0 Å². The first-order valence-corrected chi connectivity index (χ1v) is 3.27. The number of nitrogens with one attached hydrogen (secondary N) is 1. The molecule has 0 atom stereocenters. The first-order valence-electron chi connectivity index (χ1n) is 2.02. The maximum Gasteiger partial charge on any atom is 0.275 e. The van der Waals surface area contributed by atoms with Gasteiger partial charge < -0.3 is 15.5 Å². The van der Waals surface area contributed by atoms with Gasteiger partial charge in [-0.3, -0.25) is 4.84 Å². The lowest BCUT2D eigenvalue weighted by molar-refractivity contribution is 0.0897. The molecule has 6 heteroatoms. The summed E-state index contributed by atoms with van der Waals surface area (Å²) in [6.07, 6.45) is 0. The van der Waals surface area contributed by atoms with Crippen molar-refractivity contribution >= 4 is 8.53 Å². The number of hydrogen-bond donors (Lipinski definition) is 4. The molecule has 0 radical (unpaired) electrons. The monoisotopic (exact) mass is 140 g/mol. The second kappa shape index (κ2) is 5.37. The lowest BCUT2D eigenvalue weighted by Crippen LogP contribution is -2.15. The third-order valence-corrected chi connectivity index (χ3v) is 0.659. The van der Waals surface area contributed by atoms with E-state index in [0.717, 1.165) is 0 Å². The SMILES string of the molecule is NCCONP(O)O. The van der Waals surface area contributed by atoms with Gasteiger partial charge in [-0.05, 0) is 0 Å². The summed E-state index contributed by atoms with van der Waals surface area (Å²) in [6, 6.07) is 0. The Bertz CT molecular complexity index is 52.5. The highest BCUT2D eigenvalue weighted by Crippen LogP contribution is 2.14. The quantitative estimate of drug-likeness (QED) is 0.221. The molecule has 0 heterocycles. The Balaban J connectivity index is 2.72. The molecule has 0 aromatic carbocycles. The van der Waals surface area contributed by atoms with Crippen molar-refractivity contribution in [3.8, 4) is 0 Å². The van der Waals surface area contributed by atoms with E-state index < -0.39 is 8.53 Å². The Morgan fingerprint density at radius 1 is 1.62 bits per heavy atom. The molecule has 0 aliphatic carbocycles. The van der Waals surface area contributed by atoms with Crippen LogP contribution in [0.1, 0.15) is 0 Å². The van der Waals surface area contributed by atoms with Crippen molar-refractivity contribution in [2.24, 2.45) is 5.73 Å². The van der Waals surface area contributed by atoms with Crippen molar-refractivity contribution in [1.29, 1.82) is 0 Å². The fourth-order valence-electron chi connectivity index (χ4n) is 0.162. The Morgan fingerprint density at radius 2 is 2.25 bits per heavy atom. The van der Waals surface area contributed by atoms with Crippen LogP contribution in [0.15, 0.2) is 0 Å². The van der Waals surface area contributed by atoms with E-state index in [9.17, 15) is 0 Å². The lowest BCUT2D eigenvalue weighted by atomic mass is 10.8. The first-order chi connectivity index (χ1) is 3.77. The third kappa shape index (κ3) is 6.23. The van der Waals surface area contributed by atoms with Crippen LogP contribution >= 0.6 is 8.53 Å². The Kier molecular flexibility index (Phi) is 5.52. The van der Waals surface area contributed by atoms with E-state index in [0.29, 0.717) is 6.54 Å². The van der Waals surface area contributed by atoms with Crippen LogP contribution in [0.4, 0.5) is 0 Å². The Hall–Kier alpha value is 0.230. The summed E-state index contributed by atoms with van der Waals surface area (Å²) >= 11 is 0. The zero-order valence-corrected chi connectivity index (χ0v) is 5.14. The molecule has 50 valence electrons. The summed E-state index contributed by atoms with van der Waals surface area (Å²) in [6.45, 7) is 0.635. The minimum atomic E-state index is -2.14. The van der Waals surface area contributed by atoms with Gasteiger partial charge in [-0.15, -0.1) is 5.25 Å². The van der Waals surface area contributed by atoms with Crippen LogP contribution in [-0.2, 0) is 4.84 Å². The fourth-order valence-corrected chi connectivity index (χ4v) is 0.369. The molecule has 0 rings (SSSR count). The van der Waals surface area contributed by atoms with E-state index in [-0.39, 0.29) is 6.61 Å². The third-order valence-electron chi connectivity index (χ3n) is 0.366. The summed E-state index contributed by atoms with van der Waals surface area (Å²) in [4.78, 5) is 20.6. The number of rotatable bonds is 4. The first kappa shape index (κ1) is 8.23. The van der Waals surface area contributed by atoms with E-state index in [2.05, 4.69) is 4.84 Å². The molecule has 0 saturated heterocycles. The predicted octanol–water partition coefficient (Wildman–Crippen LogP) is -1.32. The molecular formula is C2H9N2O3P. The van der Waals surface area contributed by atoms with Crippen molar-refractivity contribution < 1.29 is 14.6 Å². The van der Waals surface area contributed by atoms with E-state index in [1.807, 2.05) is 5.25 Å². The van der Waals surface area contributed by atoms with Gasteiger partial charge in [0.1, 0.15) is 0 Å². The Morgan fingerprint density at radius 3 is 2.62 bits per heavy atom. The highest BCUT2D eigenvalue weighted by Gasteiger charge is 1.93. The highest BCUT2D eigenvalue weighted by molar-refractivity contribution is 7.42. The molecular weight excluding hydrogens is 131 g/mol. The van der Waals surface area contributed by atoms with Crippen LogP contribution < -0.4 is 11.0 Å². The van der Waals surface area contributed by atoms with Gasteiger partial charge in [0.2, 0.25) is 0 Å². The average molecular weight is 140 g/mol. The zero-order chi connectivity index (χ0) is 6.41. The van der Waals surface area contributed by atoms with Crippen LogP contribution in [0, 0.1) is 0 Å². The summed E-state index contributed by atoms with van der Waals surface area (Å²) in [5.41, 5.74) is 4.99. The minimum Gasteiger partial charge on any atom is -0.337 e. The molecule has 0 bridgehead atoms. The van der Waals surface area contributed by atoms with Gasteiger partial charge in [-0.1, -0.05) is 0 Å². The van der Waals surface area contributed by atoms with E-state index in [1.165, 1.54) is 0 Å². The van der Waals surface area contributed by atoms with Crippen LogP contribution in [0.25, 0.3) is 0 Å².